The van der Waals surface area contributed by atoms with Crippen molar-refractivity contribution in [3.63, 3.8) is 0 Å². The van der Waals surface area contributed by atoms with Gasteiger partial charge in [0.05, 0.1) is 7.11 Å². The Hall–Kier alpha value is -1.87. The Morgan fingerprint density at radius 2 is 2.24 bits per heavy atom. The summed E-state index contributed by atoms with van der Waals surface area (Å²) in [5, 5.41) is 3.95. The zero-order chi connectivity index (χ0) is 12.4. The molecule has 0 amide bonds. The third-order valence-electron chi connectivity index (χ3n) is 1.68. The van der Waals surface area contributed by atoms with E-state index in [1.807, 2.05) is 0 Å². The molecule has 8 nitrogen and oxygen atoms in total. The Labute approximate surface area is 106 Å². The summed E-state index contributed by atoms with van der Waals surface area (Å²) in [6, 6.07) is 0.0763. The van der Waals surface area contributed by atoms with Crippen molar-refractivity contribution in [1.82, 2.24) is 29.7 Å². The standard InChI is InChI=1S/C7H6ClN7OS/c1-16-7-12-5(8)11-6(13-7)15-2-10-4(14-15)3(9)17/h2H,1H3,(H2,9,17). The fraction of sp³-hybridized carbons (Fsp3) is 0.143. The predicted molar refractivity (Wildman–Crippen MR) is 62.2 cm³/mol. The van der Waals surface area contributed by atoms with E-state index < -0.39 is 0 Å². The first-order valence-electron chi connectivity index (χ1n) is 4.27. The van der Waals surface area contributed by atoms with Gasteiger partial charge in [-0.2, -0.15) is 19.6 Å². The smallest absolute Gasteiger partial charge is 0.322 e. The van der Waals surface area contributed by atoms with Gasteiger partial charge in [-0.15, -0.1) is 5.10 Å². The molecule has 2 N–H and O–H groups in total. The van der Waals surface area contributed by atoms with Crippen LogP contribution in [0.2, 0.25) is 5.28 Å². The van der Waals surface area contributed by atoms with Crippen LogP contribution in [0.1, 0.15) is 5.82 Å². The minimum atomic E-state index is -0.0146. The van der Waals surface area contributed by atoms with Crippen LogP contribution in [0.3, 0.4) is 0 Å². The zero-order valence-electron chi connectivity index (χ0n) is 8.53. The van der Waals surface area contributed by atoms with E-state index in [-0.39, 0.29) is 28.1 Å². The average Bonchev–Trinajstić information content (AvgIpc) is 2.77. The third kappa shape index (κ3) is 2.45. The first kappa shape index (κ1) is 11.6. The summed E-state index contributed by atoms with van der Waals surface area (Å²) in [5.74, 6) is 0.382. The van der Waals surface area contributed by atoms with Crippen LogP contribution in [-0.4, -0.2) is 41.8 Å². The van der Waals surface area contributed by atoms with Crippen LogP contribution in [0.5, 0.6) is 6.01 Å². The van der Waals surface area contributed by atoms with E-state index in [1.54, 1.807) is 0 Å². The first-order valence-corrected chi connectivity index (χ1v) is 5.06. The van der Waals surface area contributed by atoms with E-state index in [0.717, 1.165) is 0 Å². The van der Waals surface area contributed by atoms with E-state index in [9.17, 15) is 0 Å². The predicted octanol–water partition coefficient (Wildman–Crippen LogP) is -0.252. The van der Waals surface area contributed by atoms with Crippen LogP contribution >= 0.6 is 23.8 Å². The molecular weight excluding hydrogens is 266 g/mol. The van der Waals surface area contributed by atoms with Gasteiger partial charge in [0.15, 0.2) is 0 Å². The molecule has 0 aliphatic rings. The van der Waals surface area contributed by atoms with Gasteiger partial charge in [-0.1, -0.05) is 12.2 Å². The molecule has 2 heterocycles. The number of hydrogen-bond donors (Lipinski definition) is 1. The van der Waals surface area contributed by atoms with Gasteiger partial charge in [0.2, 0.25) is 11.1 Å². The largest absolute Gasteiger partial charge is 0.467 e. The minimum Gasteiger partial charge on any atom is -0.467 e. The van der Waals surface area contributed by atoms with Crippen molar-refractivity contribution in [2.75, 3.05) is 7.11 Å². The SMILES string of the molecule is COc1nc(Cl)nc(-n2cnc(C(N)=S)n2)n1. The highest BCUT2D eigenvalue weighted by molar-refractivity contribution is 7.80. The van der Waals surface area contributed by atoms with E-state index >= 15 is 0 Å². The number of rotatable bonds is 3. The molecule has 88 valence electrons. The molecule has 2 aromatic heterocycles. The molecule has 0 bridgehead atoms. The van der Waals surface area contributed by atoms with Crippen molar-refractivity contribution in [2.45, 2.75) is 0 Å². The Bertz CT molecular complexity index is 571. The first-order chi connectivity index (χ1) is 8.10. The highest BCUT2D eigenvalue weighted by Crippen LogP contribution is 2.09. The Morgan fingerprint density at radius 1 is 1.47 bits per heavy atom. The molecule has 0 aliphatic heterocycles. The number of halogens is 1. The van der Waals surface area contributed by atoms with Gasteiger partial charge in [-0.05, 0) is 11.6 Å². The normalized spacial score (nSPS) is 10.2. The number of thiocarbonyl (C=S) groups is 1. The van der Waals surface area contributed by atoms with Gasteiger partial charge in [-0.3, -0.25) is 0 Å². The molecule has 0 saturated carbocycles. The second kappa shape index (κ2) is 4.55. The van der Waals surface area contributed by atoms with Crippen molar-refractivity contribution in [3.05, 3.63) is 17.4 Å². The van der Waals surface area contributed by atoms with Crippen molar-refractivity contribution >= 4 is 28.8 Å². The number of methoxy groups -OCH3 is 1. The van der Waals surface area contributed by atoms with Crippen LogP contribution < -0.4 is 10.5 Å². The maximum atomic E-state index is 5.69. The molecule has 0 atom stereocenters. The molecule has 2 rings (SSSR count). The molecule has 2 aromatic rings. The zero-order valence-corrected chi connectivity index (χ0v) is 10.1. The van der Waals surface area contributed by atoms with Crippen molar-refractivity contribution in [2.24, 2.45) is 5.73 Å². The number of aromatic nitrogens is 6. The van der Waals surface area contributed by atoms with Crippen LogP contribution in [0.15, 0.2) is 6.33 Å². The number of hydrogen-bond acceptors (Lipinski definition) is 7. The summed E-state index contributed by atoms with van der Waals surface area (Å²) in [5.41, 5.74) is 5.38. The molecule has 0 unspecified atom stereocenters. The molecule has 0 radical (unpaired) electrons. The molecule has 0 spiro atoms. The molecule has 10 heteroatoms. The fourth-order valence-corrected chi connectivity index (χ4v) is 1.23. The van der Waals surface area contributed by atoms with E-state index in [2.05, 4.69) is 25.0 Å². The summed E-state index contributed by atoms with van der Waals surface area (Å²) in [6.07, 6.45) is 1.36. The van der Waals surface area contributed by atoms with Gasteiger partial charge in [0.1, 0.15) is 11.3 Å². The van der Waals surface area contributed by atoms with Crippen molar-refractivity contribution in [3.8, 4) is 12.0 Å². The van der Waals surface area contributed by atoms with E-state index in [4.69, 9.17) is 34.3 Å². The molecule has 0 aliphatic carbocycles. The lowest BCUT2D eigenvalue weighted by atomic mass is 10.6. The summed E-state index contributed by atoms with van der Waals surface area (Å²) < 4.78 is 6.12. The second-order valence-electron chi connectivity index (χ2n) is 2.77. The number of ether oxygens (including phenoxy) is 1. The van der Waals surface area contributed by atoms with Gasteiger partial charge in [0.25, 0.3) is 5.95 Å². The molecule has 0 saturated heterocycles. The summed E-state index contributed by atoms with van der Waals surface area (Å²) in [6.45, 7) is 0. The minimum absolute atomic E-state index is 0.0146. The van der Waals surface area contributed by atoms with Gasteiger partial charge >= 0.3 is 6.01 Å². The molecule has 0 aromatic carbocycles. The lowest BCUT2D eigenvalue weighted by molar-refractivity contribution is 0.376. The number of nitrogens with zero attached hydrogens (tertiary/aromatic N) is 6. The van der Waals surface area contributed by atoms with Gasteiger partial charge in [0, 0.05) is 0 Å². The van der Waals surface area contributed by atoms with Gasteiger partial charge in [-0.25, -0.2) is 4.98 Å². The van der Waals surface area contributed by atoms with E-state index in [1.165, 1.54) is 18.1 Å². The fourth-order valence-electron chi connectivity index (χ4n) is 0.988. The monoisotopic (exact) mass is 271 g/mol. The third-order valence-corrected chi connectivity index (χ3v) is 2.03. The highest BCUT2D eigenvalue weighted by Gasteiger charge is 2.10. The Morgan fingerprint density at radius 3 is 2.82 bits per heavy atom. The molecule has 17 heavy (non-hydrogen) atoms. The molecular formula is C7H6ClN7OS. The Balaban J connectivity index is 2.44. The van der Waals surface area contributed by atoms with Crippen LogP contribution in [-0.2, 0) is 0 Å². The average molecular weight is 272 g/mol. The topological polar surface area (TPSA) is 105 Å². The van der Waals surface area contributed by atoms with Gasteiger partial charge < -0.3 is 10.5 Å². The Kier molecular flexibility index (Phi) is 3.11. The summed E-state index contributed by atoms with van der Waals surface area (Å²) in [4.78, 5) is 15.5. The maximum Gasteiger partial charge on any atom is 0.322 e. The van der Waals surface area contributed by atoms with E-state index in [0.29, 0.717) is 0 Å². The van der Waals surface area contributed by atoms with Crippen molar-refractivity contribution in [1.29, 1.82) is 0 Å². The summed E-state index contributed by atoms with van der Waals surface area (Å²) in [7, 11) is 1.41. The highest BCUT2D eigenvalue weighted by atomic mass is 35.5. The van der Waals surface area contributed by atoms with Crippen LogP contribution in [0.25, 0.3) is 5.95 Å². The maximum absolute atomic E-state index is 5.69. The lowest BCUT2D eigenvalue weighted by Crippen LogP contribution is -2.12. The van der Waals surface area contributed by atoms with Crippen molar-refractivity contribution < 1.29 is 4.74 Å². The second-order valence-corrected chi connectivity index (χ2v) is 3.55. The number of nitrogens with two attached hydrogens (primary N) is 1. The summed E-state index contributed by atoms with van der Waals surface area (Å²) >= 11 is 10.4. The molecule has 0 fully saturated rings. The van der Waals surface area contributed by atoms with Crippen LogP contribution in [0, 0.1) is 0 Å². The quantitative estimate of drug-likeness (QED) is 0.762. The van der Waals surface area contributed by atoms with Crippen LogP contribution in [0.4, 0.5) is 0 Å². The lowest BCUT2D eigenvalue weighted by Gasteiger charge is -2.01.